The van der Waals surface area contributed by atoms with Crippen LogP contribution in [0.4, 0.5) is 0 Å². The summed E-state index contributed by atoms with van der Waals surface area (Å²) < 4.78 is 0. The molecule has 6 heteroatoms. The average molecular weight is 350 g/mol. The van der Waals surface area contributed by atoms with Crippen molar-refractivity contribution in [2.45, 2.75) is 31.6 Å². The number of hydrogen-bond acceptors (Lipinski definition) is 4. The lowest BCUT2D eigenvalue weighted by atomic mass is 9.93. The second kappa shape index (κ2) is 8.89. The number of aromatic nitrogens is 1. The highest BCUT2D eigenvalue weighted by Gasteiger charge is 2.21. The van der Waals surface area contributed by atoms with E-state index in [1.165, 1.54) is 5.56 Å². The summed E-state index contributed by atoms with van der Waals surface area (Å²) in [6.45, 7) is 0.646. The number of benzene rings is 1. The number of nitrogens with one attached hydrogen (secondary N) is 2. The molecular formula is C20H22N4O2. The molecule has 2 N–H and O–H groups in total. The Bertz CT molecular complexity index is 772. The van der Waals surface area contributed by atoms with Gasteiger partial charge in [-0.2, -0.15) is 5.10 Å². The highest BCUT2D eigenvalue weighted by atomic mass is 16.2. The fourth-order valence-corrected chi connectivity index (χ4v) is 2.91. The lowest BCUT2D eigenvalue weighted by Crippen LogP contribution is -2.29. The number of carbonyl (C=O) groups excluding carboxylic acids is 2. The summed E-state index contributed by atoms with van der Waals surface area (Å²) >= 11 is 0. The normalized spacial score (nSPS) is 16.2. The van der Waals surface area contributed by atoms with Gasteiger partial charge in [0.25, 0.3) is 5.91 Å². The molecule has 0 aliphatic carbocycles. The summed E-state index contributed by atoms with van der Waals surface area (Å²) in [7, 11) is 0. The summed E-state index contributed by atoms with van der Waals surface area (Å²) in [5.41, 5.74) is 5.34. The number of unbranched alkanes of at least 4 members (excludes halogenated alkanes) is 1. The second-order valence-corrected chi connectivity index (χ2v) is 6.27. The Labute approximate surface area is 152 Å². The van der Waals surface area contributed by atoms with Crippen LogP contribution in [-0.2, 0) is 11.2 Å². The summed E-state index contributed by atoms with van der Waals surface area (Å²) in [6.07, 6.45) is 8.44. The molecular weight excluding hydrogens is 328 g/mol. The van der Waals surface area contributed by atoms with E-state index in [1.807, 2.05) is 12.1 Å². The predicted octanol–water partition coefficient (Wildman–Crippen LogP) is 2.42. The number of nitrogens with zero attached hydrogens (tertiary/aromatic N) is 2. The molecule has 0 bridgehead atoms. The van der Waals surface area contributed by atoms with E-state index in [0.717, 1.165) is 24.8 Å². The monoisotopic (exact) mass is 350 g/mol. The molecule has 0 fully saturated rings. The van der Waals surface area contributed by atoms with Crippen LogP contribution < -0.4 is 10.7 Å². The number of carbonyl (C=O) groups is 2. The van der Waals surface area contributed by atoms with Crippen LogP contribution in [0.25, 0.3) is 0 Å². The van der Waals surface area contributed by atoms with Gasteiger partial charge < -0.3 is 5.32 Å². The van der Waals surface area contributed by atoms with Gasteiger partial charge in [0.1, 0.15) is 0 Å². The third-order valence-corrected chi connectivity index (χ3v) is 4.41. The van der Waals surface area contributed by atoms with Gasteiger partial charge in [-0.3, -0.25) is 14.6 Å². The van der Waals surface area contributed by atoms with Crippen LogP contribution >= 0.6 is 0 Å². The summed E-state index contributed by atoms with van der Waals surface area (Å²) in [6, 6.07) is 11.7. The van der Waals surface area contributed by atoms with Gasteiger partial charge in [-0.1, -0.05) is 24.3 Å². The van der Waals surface area contributed by atoms with E-state index >= 15 is 0 Å². The van der Waals surface area contributed by atoms with Crippen molar-refractivity contribution < 1.29 is 9.59 Å². The number of hydrogen-bond donors (Lipinski definition) is 2. The third-order valence-electron chi connectivity index (χ3n) is 4.41. The molecule has 1 unspecified atom stereocenters. The molecule has 0 radical (unpaired) electrons. The Kier molecular flexibility index (Phi) is 6.09. The molecule has 26 heavy (non-hydrogen) atoms. The van der Waals surface area contributed by atoms with Crippen molar-refractivity contribution in [3.05, 3.63) is 65.5 Å². The van der Waals surface area contributed by atoms with E-state index in [-0.39, 0.29) is 17.7 Å². The van der Waals surface area contributed by atoms with Crippen LogP contribution in [0.3, 0.4) is 0 Å². The molecule has 134 valence electrons. The van der Waals surface area contributed by atoms with Gasteiger partial charge in [-0.15, -0.1) is 0 Å². The average Bonchev–Trinajstić information content (AvgIpc) is 2.69. The molecule has 0 saturated heterocycles. The van der Waals surface area contributed by atoms with Crippen LogP contribution in [0.1, 0.15) is 46.7 Å². The van der Waals surface area contributed by atoms with Crippen molar-refractivity contribution in [3.8, 4) is 0 Å². The Morgan fingerprint density at radius 3 is 2.77 bits per heavy atom. The number of amides is 2. The van der Waals surface area contributed by atoms with E-state index in [1.54, 1.807) is 30.7 Å². The van der Waals surface area contributed by atoms with Gasteiger partial charge in [0.2, 0.25) is 5.91 Å². The molecule has 2 aromatic rings. The van der Waals surface area contributed by atoms with Gasteiger partial charge in [0.05, 0.1) is 11.5 Å². The van der Waals surface area contributed by atoms with E-state index in [4.69, 9.17) is 0 Å². The van der Waals surface area contributed by atoms with E-state index in [9.17, 15) is 9.59 Å². The molecule has 2 heterocycles. The molecule has 6 nitrogen and oxygen atoms in total. The van der Waals surface area contributed by atoms with E-state index in [2.05, 4.69) is 33.0 Å². The van der Waals surface area contributed by atoms with Crippen molar-refractivity contribution >= 4 is 18.0 Å². The standard InChI is InChI=1S/C20H22N4O2/c25-19(17-5-3-11-21-14-17)22-12-2-1-4-15-6-8-16(9-7-15)18-10-13-23-24-20(18)26/h3,5-9,11,13-14,18H,1-2,4,10,12H2,(H,22,25)(H,24,26). The maximum absolute atomic E-state index is 11.9. The first-order valence-corrected chi connectivity index (χ1v) is 8.82. The number of aryl methyl sites for hydroxylation is 1. The van der Waals surface area contributed by atoms with Gasteiger partial charge in [-0.25, -0.2) is 5.43 Å². The summed E-state index contributed by atoms with van der Waals surface area (Å²) in [4.78, 5) is 27.7. The first-order valence-electron chi connectivity index (χ1n) is 8.82. The summed E-state index contributed by atoms with van der Waals surface area (Å²) in [5, 5.41) is 6.69. The molecule has 0 saturated carbocycles. The number of rotatable bonds is 7. The highest BCUT2D eigenvalue weighted by Crippen LogP contribution is 2.21. The maximum atomic E-state index is 11.9. The lowest BCUT2D eigenvalue weighted by molar-refractivity contribution is -0.122. The number of pyridine rings is 1. The van der Waals surface area contributed by atoms with Crippen LogP contribution in [0.15, 0.2) is 53.9 Å². The van der Waals surface area contributed by atoms with Crippen LogP contribution in [0.5, 0.6) is 0 Å². The minimum Gasteiger partial charge on any atom is -0.352 e. The Morgan fingerprint density at radius 1 is 1.19 bits per heavy atom. The molecule has 3 rings (SSSR count). The maximum Gasteiger partial charge on any atom is 0.252 e. The Hall–Kier alpha value is -3.02. The minimum atomic E-state index is -0.149. The smallest absolute Gasteiger partial charge is 0.252 e. The van der Waals surface area contributed by atoms with Gasteiger partial charge in [0.15, 0.2) is 0 Å². The Morgan fingerprint density at radius 2 is 2.04 bits per heavy atom. The molecule has 1 aliphatic heterocycles. The zero-order valence-electron chi connectivity index (χ0n) is 14.5. The van der Waals surface area contributed by atoms with Crippen LogP contribution in [0.2, 0.25) is 0 Å². The van der Waals surface area contributed by atoms with Crippen molar-refractivity contribution in [1.29, 1.82) is 0 Å². The fraction of sp³-hybridized carbons (Fsp3) is 0.300. The molecule has 1 aromatic carbocycles. The first-order chi connectivity index (χ1) is 12.7. The lowest BCUT2D eigenvalue weighted by Gasteiger charge is -2.17. The molecule has 2 amide bonds. The van der Waals surface area contributed by atoms with Crippen LogP contribution in [-0.4, -0.2) is 29.6 Å². The quantitative estimate of drug-likeness (QED) is 0.752. The van der Waals surface area contributed by atoms with Crippen molar-refractivity contribution in [3.63, 3.8) is 0 Å². The van der Waals surface area contributed by atoms with Gasteiger partial charge in [0, 0.05) is 31.6 Å². The largest absolute Gasteiger partial charge is 0.352 e. The van der Waals surface area contributed by atoms with E-state index < -0.39 is 0 Å². The molecule has 1 aromatic heterocycles. The molecule has 1 aliphatic rings. The minimum absolute atomic E-state index is 0.0513. The molecule has 0 spiro atoms. The van der Waals surface area contributed by atoms with Crippen molar-refractivity contribution in [2.75, 3.05) is 6.54 Å². The van der Waals surface area contributed by atoms with Gasteiger partial charge in [-0.05, 0) is 42.5 Å². The van der Waals surface area contributed by atoms with Crippen molar-refractivity contribution in [1.82, 2.24) is 15.7 Å². The number of hydrazone groups is 1. The highest BCUT2D eigenvalue weighted by molar-refractivity contribution is 5.93. The topological polar surface area (TPSA) is 83.5 Å². The van der Waals surface area contributed by atoms with E-state index in [0.29, 0.717) is 18.5 Å². The predicted molar refractivity (Wildman–Crippen MR) is 99.9 cm³/mol. The SMILES string of the molecule is O=C(NCCCCc1ccc(C2CC=NNC2=O)cc1)c1cccnc1. The fourth-order valence-electron chi connectivity index (χ4n) is 2.91. The molecule has 1 atom stereocenters. The zero-order chi connectivity index (χ0) is 18.2. The third kappa shape index (κ3) is 4.75. The first kappa shape index (κ1) is 17.8. The van der Waals surface area contributed by atoms with Gasteiger partial charge >= 0.3 is 0 Å². The Balaban J connectivity index is 1.39. The van der Waals surface area contributed by atoms with Crippen molar-refractivity contribution in [2.24, 2.45) is 5.10 Å². The second-order valence-electron chi connectivity index (χ2n) is 6.27. The summed E-state index contributed by atoms with van der Waals surface area (Å²) in [5.74, 6) is -0.286. The zero-order valence-corrected chi connectivity index (χ0v) is 14.5. The van der Waals surface area contributed by atoms with Crippen LogP contribution in [0, 0.1) is 0 Å².